The summed E-state index contributed by atoms with van der Waals surface area (Å²) >= 11 is 6.97. The van der Waals surface area contributed by atoms with Gasteiger partial charge in [0.05, 0.1) is 4.92 Å². The van der Waals surface area contributed by atoms with Crippen LogP contribution in [0.3, 0.4) is 0 Å². The third kappa shape index (κ3) is 3.31. The summed E-state index contributed by atoms with van der Waals surface area (Å²) in [5.74, 6) is 0.401. The minimum atomic E-state index is -0.494. The number of aromatic nitrogens is 2. The molecule has 7 heteroatoms. The summed E-state index contributed by atoms with van der Waals surface area (Å²) in [5, 5.41) is 11.3. The van der Waals surface area contributed by atoms with Crippen molar-refractivity contribution in [1.82, 2.24) is 9.97 Å². The molecule has 1 aromatic heterocycles. The van der Waals surface area contributed by atoms with Crippen LogP contribution in [0.2, 0.25) is 5.28 Å². The van der Waals surface area contributed by atoms with Crippen LogP contribution in [0.15, 0.2) is 11.2 Å². The zero-order valence-corrected chi connectivity index (χ0v) is 10.7. The van der Waals surface area contributed by atoms with Crippen molar-refractivity contribution in [2.24, 2.45) is 5.92 Å². The van der Waals surface area contributed by atoms with E-state index < -0.39 is 4.92 Å². The van der Waals surface area contributed by atoms with Crippen molar-refractivity contribution in [3.8, 4) is 0 Å². The highest BCUT2D eigenvalue weighted by atomic mass is 35.5. The molecule has 0 amide bonds. The Labute approximate surface area is 103 Å². The molecule has 0 bridgehead atoms. The Balaban J connectivity index is 3.01. The van der Waals surface area contributed by atoms with E-state index in [2.05, 4.69) is 9.97 Å². The van der Waals surface area contributed by atoms with Gasteiger partial charge in [-0.3, -0.25) is 10.1 Å². The lowest BCUT2D eigenvalue weighted by Crippen LogP contribution is -2.07. The van der Waals surface area contributed by atoms with Crippen LogP contribution in [0.4, 0.5) is 5.69 Å². The minimum Gasteiger partial charge on any atom is -0.258 e. The smallest absolute Gasteiger partial charge is 0.258 e. The number of halogens is 1. The van der Waals surface area contributed by atoms with Gasteiger partial charge in [-0.2, -0.15) is 0 Å². The molecule has 0 fully saturated rings. The molecule has 16 heavy (non-hydrogen) atoms. The average Bonchev–Trinajstić information content (AvgIpc) is 2.16. The predicted octanol–water partition coefficient (Wildman–Crippen LogP) is 3.17. The molecule has 1 atom stereocenters. The first-order chi connectivity index (χ1) is 7.41. The second-order valence-electron chi connectivity index (χ2n) is 3.65. The summed E-state index contributed by atoms with van der Waals surface area (Å²) < 4.78 is 0. The molecule has 0 N–H and O–H groups in total. The Bertz CT molecular complexity index is 400. The molecular weight excluding hydrogens is 250 g/mol. The highest BCUT2D eigenvalue weighted by Crippen LogP contribution is 2.32. The van der Waals surface area contributed by atoms with E-state index in [-0.39, 0.29) is 16.2 Å². The van der Waals surface area contributed by atoms with E-state index >= 15 is 0 Å². The molecule has 0 radical (unpaired) electrons. The number of hydrogen-bond donors (Lipinski definition) is 0. The quantitative estimate of drug-likeness (QED) is 0.274. The van der Waals surface area contributed by atoms with Gasteiger partial charge in [-0.05, 0) is 17.5 Å². The van der Waals surface area contributed by atoms with Crippen molar-refractivity contribution in [1.29, 1.82) is 0 Å². The van der Waals surface area contributed by atoms with Gasteiger partial charge in [0, 0.05) is 5.25 Å². The van der Waals surface area contributed by atoms with Crippen LogP contribution >= 0.6 is 23.4 Å². The van der Waals surface area contributed by atoms with E-state index in [1.54, 1.807) is 0 Å². The van der Waals surface area contributed by atoms with Crippen molar-refractivity contribution in [3.05, 3.63) is 21.6 Å². The maximum absolute atomic E-state index is 10.8. The third-order valence-corrected chi connectivity index (χ3v) is 3.76. The number of rotatable bonds is 4. The Morgan fingerprint density at radius 1 is 1.50 bits per heavy atom. The van der Waals surface area contributed by atoms with Gasteiger partial charge in [0.25, 0.3) is 0 Å². The predicted molar refractivity (Wildman–Crippen MR) is 63.9 cm³/mol. The fraction of sp³-hybridized carbons (Fsp3) is 0.556. The first-order valence-corrected chi connectivity index (χ1v) is 6.01. The van der Waals surface area contributed by atoms with Crippen LogP contribution in [0, 0.1) is 16.0 Å². The van der Waals surface area contributed by atoms with E-state index in [9.17, 15) is 10.1 Å². The monoisotopic (exact) mass is 261 g/mol. The largest absolute Gasteiger partial charge is 0.319 e. The van der Waals surface area contributed by atoms with Crippen molar-refractivity contribution in [2.45, 2.75) is 31.0 Å². The van der Waals surface area contributed by atoms with E-state index in [1.165, 1.54) is 11.8 Å². The van der Waals surface area contributed by atoms with Crippen LogP contribution < -0.4 is 0 Å². The molecule has 0 aliphatic rings. The van der Waals surface area contributed by atoms with Gasteiger partial charge in [-0.25, -0.2) is 9.97 Å². The van der Waals surface area contributed by atoms with Crippen LogP contribution in [0.5, 0.6) is 0 Å². The SMILES string of the molecule is CC(C)C(C)Sc1nc(Cl)ncc1[N+](=O)[O-]. The lowest BCUT2D eigenvalue weighted by molar-refractivity contribution is -0.388. The zero-order chi connectivity index (χ0) is 12.3. The van der Waals surface area contributed by atoms with Gasteiger partial charge < -0.3 is 0 Å². The Morgan fingerprint density at radius 3 is 2.62 bits per heavy atom. The Kier molecular flexibility index (Phi) is 4.49. The molecule has 1 heterocycles. The van der Waals surface area contributed by atoms with E-state index in [1.807, 2.05) is 20.8 Å². The first-order valence-electron chi connectivity index (χ1n) is 4.75. The van der Waals surface area contributed by atoms with Crippen molar-refractivity contribution in [2.75, 3.05) is 0 Å². The second-order valence-corrected chi connectivity index (χ2v) is 5.36. The van der Waals surface area contributed by atoms with Crippen LogP contribution in [-0.2, 0) is 0 Å². The van der Waals surface area contributed by atoms with Crippen LogP contribution in [0.25, 0.3) is 0 Å². The molecule has 0 spiro atoms. The lowest BCUT2D eigenvalue weighted by Gasteiger charge is -2.13. The molecule has 0 saturated heterocycles. The van der Waals surface area contributed by atoms with Gasteiger partial charge in [0.2, 0.25) is 5.28 Å². The molecule has 0 aromatic carbocycles. The summed E-state index contributed by atoms with van der Waals surface area (Å²) in [4.78, 5) is 17.8. The molecule has 0 saturated carbocycles. The first kappa shape index (κ1) is 13.2. The fourth-order valence-corrected chi connectivity index (χ4v) is 2.06. The van der Waals surface area contributed by atoms with Gasteiger partial charge >= 0.3 is 5.69 Å². The molecular formula is C9H12ClN3O2S. The molecule has 5 nitrogen and oxygen atoms in total. The normalized spacial score (nSPS) is 12.8. The third-order valence-electron chi connectivity index (χ3n) is 2.14. The van der Waals surface area contributed by atoms with E-state index in [0.717, 1.165) is 6.20 Å². The van der Waals surface area contributed by atoms with E-state index in [4.69, 9.17) is 11.6 Å². The summed E-state index contributed by atoms with van der Waals surface area (Å²) in [7, 11) is 0. The summed E-state index contributed by atoms with van der Waals surface area (Å²) in [6.45, 7) is 6.09. The minimum absolute atomic E-state index is 0.0315. The lowest BCUT2D eigenvalue weighted by atomic mass is 10.2. The maximum Gasteiger partial charge on any atom is 0.319 e. The standard InChI is InChI=1S/C9H12ClN3O2S/c1-5(2)6(3)16-8-7(13(14)15)4-11-9(10)12-8/h4-6H,1-3H3. The summed E-state index contributed by atoms with van der Waals surface area (Å²) in [6, 6.07) is 0. The number of hydrogen-bond acceptors (Lipinski definition) is 5. The fourth-order valence-electron chi connectivity index (χ4n) is 0.864. The Morgan fingerprint density at radius 2 is 2.12 bits per heavy atom. The van der Waals surface area contributed by atoms with Gasteiger partial charge in [-0.15, -0.1) is 0 Å². The van der Waals surface area contributed by atoms with E-state index in [0.29, 0.717) is 10.9 Å². The Hall–Kier alpha value is -0.880. The molecule has 0 aliphatic heterocycles. The van der Waals surface area contributed by atoms with Crippen molar-refractivity contribution >= 4 is 29.1 Å². The molecule has 1 unspecified atom stereocenters. The molecule has 0 aliphatic carbocycles. The number of nitrogens with zero attached hydrogens (tertiary/aromatic N) is 3. The van der Waals surface area contributed by atoms with Crippen LogP contribution in [0.1, 0.15) is 20.8 Å². The highest BCUT2D eigenvalue weighted by Gasteiger charge is 2.20. The van der Waals surface area contributed by atoms with Gasteiger partial charge in [-0.1, -0.05) is 32.5 Å². The second kappa shape index (κ2) is 5.45. The number of thioether (sulfide) groups is 1. The van der Waals surface area contributed by atoms with Crippen LogP contribution in [-0.4, -0.2) is 20.1 Å². The topological polar surface area (TPSA) is 68.9 Å². The zero-order valence-electron chi connectivity index (χ0n) is 9.18. The van der Waals surface area contributed by atoms with Crippen molar-refractivity contribution < 1.29 is 4.92 Å². The summed E-state index contributed by atoms with van der Waals surface area (Å²) in [5.41, 5.74) is -0.0955. The average molecular weight is 262 g/mol. The summed E-state index contributed by atoms with van der Waals surface area (Å²) in [6.07, 6.45) is 1.14. The van der Waals surface area contributed by atoms with Gasteiger partial charge in [0.1, 0.15) is 6.20 Å². The maximum atomic E-state index is 10.8. The molecule has 1 rings (SSSR count). The number of nitro groups is 1. The van der Waals surface area contributed by atoms with Crippen molar-refractivity contribution in [3.63, 3.8) is 0 Å². The highest BCUT2D eigenvalue weighted by molar-refractivity contribution is 8.00. The van der Waals surface area contributed by atoms with Gasteiger partial charge in [0.15, 0.2) is 5.03 Å². The molecule has 1 aromatic rings. The molecule has 88 valence electrons.